The van der Waals surface area contributed by atoms with E-state index in [1.165, 1.54) is 25.1 Å². The molecule has 3 N–H and O–H groups in total. The van der Waals surface area contributed by atoms with Crippen molar-refractivity contribution in [3.63, 3.8) is 0 Å². The van der Waals surface area contributed by atoms with Crippen LogP contribution < -0.4 is 5.32 Å². The number of aliphatic hydroxyl groups is 1. The summed E-state index contributed by atoms with van der Waals surface area (Å²) in [6, 6.07) is 4.80. The van der Waals surface area contributed by atoms with Gasteiger partial charge in [0.2, 0.25) is 0 Å². The van der Waals surface area contributed by atoms with Gasteiger partial charge in [-0.1, -0.05) is 12.7 Å². The summed E-state index contributed by atoms with van der Waals surface area (Å²) in [4.78, 5) is 23.1. The third-order valence-electron chi connectivity index (χ3n) is 2.75. The van der Waals surface area contributed by atoms with Gasteiger partial charge in [0.25, 0.3) is 16.0 Å². The summed E-state index contributed by atoms with van der Waals surface area (Å²) in [7, 11) is -4.31. The number of rotatable bonds is 6. The van der Waals surface area contributed by atoms with Gasteiger partial charge in [-0.2, -0.15) is 8.42 Å². The Hall–Kier alpha value is -2.29. The molecule has 1 amide bonds. The van der Waals surface area contributed by atoms with E-state index in [1.54, 1.807) is 0 Å². The number of anilines is 1. The van der Waals surface area contributed by atoms with Gasteiger partial charge in [-0.15, -0.1) is 0 Å². The van der Waals surface area contributed by atoms with Gasteiger partial charge in [-0.25, -0.2) is 0 Å². The highest BCUT2D eigenvalue weighted by atomic mass is 32.2. The standard InChI is InChI=1S/C14H15NO6S/c1-3-12(9(2)13(17)8-16)14(18)15-10-4-6-11(7-5-10)22(19,20)21/h3-7,16H,2,8H2,1H3,(H,15,18)(H,19,20,21). The first-order valence-electron chi connectivity index (χ1n) is 6.09. The molecule has 0 aromatic heterocycles. The summed E-state index contributed by atoms with van der Waals surface area (Å²) in [6.07, 6.45) is 1.37. The van der Waals surface area contributed by atoms with E-state index in [0.717, 1.165) is 12.1 Å². The summed E-state index contributed by atoms with van der Waals surface area (Å²) in [5, 5.41) is 11.2. The first kappa shape index (κ1) is 17.8. The number of Topliss-reactive ketones (excluding diaryl/α,β-unsaturated/α-hetero) is 1. The molecule has 8 heteroatoms. The lowest BCUT2D eigenvalue weighted by atomic mass is 10.0. The SMILES string of the molecule is C=C(C(=O)CO)C(=CC)C(=O)Nc1ccc(S(=O)(=O)O)cc1. The van der Waals surface area contributed by atoms with E-state index < -0.39 is 28.4 Å². The highest BCUT2D eigenvalue weighted by molar-refractivity contribution is 7.85. The second-order valence-electron chi connectivity index (χ2n) is 4.22. The Balaban J connectivity index is 2.92. The highest BCUT2D eigenvalue weighted by Gasteiger charge is 2.18. The Kier molecular flexibility index (Phi) is 5.75. The van der Waals surface area contributed by atoms with E-state index in [4.69, 9.17) is 9.66 Å². The molecule has 0 fully saturated rings. The minimum Gasteiger partial charge on any atom is -0.388 e. The summed E-state index contributed by atoms with van der Waals surface area (Å²) >= 11 is 0. The average Bonchev–Trinajstić information content (AvgIpc) is 2.46. The maximum atomic E-state index is 12.0. The molecule has 22 heavy (non-hydrogen) atoms. The molecule has 0 bridgehead atoms. The first-order chi connectivity index (χ1) is 10.2. The van der Waals surface area contributed by atoms with Crippen LogP contribution in [0, 0.1) is 0 Å². The number of amides is 1. The van der Waals surface area contributed by atoms with Gasteiger partial charge >= 0.3 is 0 Å². The van der Waals surface area contributed by atoms with E-state index in [0.29, 0.717) is 0 Å². The van der Waals surface area contributed by atoms with Gasteiger partial charge in [0.15, 0.2) is 5.78 Å². The van der Waals surface area contributed by atoms with Crippen molar-refractivity contribution >= 4 is 27.5 Å². The second-order valence-corrected chi connectivity index (χ2v) is 5.64. The van der Waals surface area contributed by atoms with Crippen LogP contribution >= 0.6 is 0 Å². The monoisotopic (exact) mass is 325 g/mol. The Labute approximate surface area is 127 Å². The zero-order valence-electron chi connectivity index (χ0n) is 11.7. The smallest absolute Gasteiger partial charge is 0.294 e. The van der Waals surface area contributed by atoms with Gasteiger partial charge in [-0.3, -0.25) is 14.1 Å². The zero-order valence-corrected chi connectivity index (χ0v) is 12.6. The minimum atomic E-state index is -4.31. The number of nitrogens with one attached hydrogen (secondary N) is 1. The van der Waals surface area contributed by atoms with Crippen LogP contribution in [0.3, 0.4) is 0 Å². The van der Waals surface area contributed by atoms with E-state index in [1.807, 2.05) is 0 Å². The normalized spacial score (nSPS) is 11.9. The molecule has 0 atom stereocenters. The van der Waals surface area contributed by atoms with Crippen LogP contribution in [0.25, 0.3) is 0 Å². The van der Waals surface area contributed by atoms with Crippen LogP contribution in [-0.2, 0) is 19.7 Å². The van der Waals surface area contributed by atoms with Crippen LogP contribution in [0.5, 0.6) is 0 Å². The van der Waals surface area contributed by atoms with Crippen molar-refractivity contribution in [2.75, 3.05) is 11.9 Å². The van der Waals surface area contributed by atoms with E-state index in [9.17, 15) is 18.0 Å². The summed E-state index contributed by atoms with van der Waals surface area (Å²) < 4.78 is 30.7. The molecule has 0 saturated heterocycles. The summed E-state index contributed by atoms with van der Waals surface area (Å²) in [6.45, 7) is 4.23. The summed E-state index contributed by atoms with van der Waals surface area (Å²) in [5.41, 5.74) is 0.135. The predicted molar refractivity (Wildman–Crippen MR) is 79.9 cm³/mol. The molecule has 1 aromatic carbocycles. The van der Waals surface area contributed by atoms with Gasteiger partial charge in [0.1, 0.15) is 6.61 Å². The van der Waals surface area contributed by atoms with Crippen molar-refractivity contribution in [1.82, 2.24) is 0 Å². The van der Waals surface area contributed by atoms with Crippen LogP contribution in [-0.4, -0.2) is 36.4 Å². The van der Waals surface area contributed by atoms with E-state index in [-0.39, 0.29) is 21.7 Å². The zero-order chi connectivity index (χ0) is 16.9. The fourth-order valence-electron chi connectivity index (χ4n) is 1.60. The molecule has 118 valence electrons. The quantitative estimate of drug-likeness (QED) is 0.406. The molecule has 0 aliphatic heterocycles. The Bertz CT molecular complexity index is 731. The largest absolute Gasteiger partial charge is 0.388 e. The Morgan fingerprint density at radius 2 is 1.82 bits per heavy atom. The number of ketones is 1. The molecule has 0 aliphatic carbocycles. The van der Waals surface area contributed by atoms with Gasteiger partial charge in [-0.05, 0) is 31.2 Å². The molecular weight excluding hydrogens is 310 g/mol. The lowest BCUT2D eigenvalue weighted by Crippen LogP contribution is -2.20. The number of aliphatic hydroxyl groups excluding tert-OH is 1. The molecule has 0 radical (unpaired) electrons. The van der Waals surface area contributed by atoms with Gasteiger partial charge < -0.3 is 10.4 Å². The minimum absolute atomic E-state index is 0.00194. The first-order valence-corrected chi connectivity index (χ1v) is 7.53. The molecule has 0 unspecified atom stereocenters. The molecule has 1 aromatic rings. The molecule has 0 aliphatic rings. The third-order valence-corrected chi connectivity index (χ3v) is 3.62. The fourth-order valence-corrected chi connectivity index (χ4v) is 2.08. The Morgan fingerprint density at radius 1 is 1.27 bits per heavy atom. The van der Waals surface area contributed by atoms with Crippen LogP contribution in [0.15, 0.2) is 53.0 Å². The van der Waals surface area contributed by atoms with Crippen molar-refractivity contribution in [3.8, 4) is 0 Å². The molecule has 0 heterocycles. The predicted octanol–water partition coefficient (Wildman–Crippen LogP) is 0.936. The lowest BCUT2D eigenvalue weighted by Gasteiger charge is -2.10. The van der Waals surface area contributed by atoms with Crippen LogP contribution in [0.1, 0.15) is 6.92 Å². The van der Waals surface area contributed by atoms with Crippen LogP contribution in [0.2, 0.25) is 0 Å². The highest BCUT2D eigenvalue weighted by Crippen LogP contribution is 2.16. The van der Waals surface area contributed by atoms with Crippen molar-refractivity contribution in [2.45, 2.75) is 11.8 Å². The molecule has 0 spiro atoms. The fraction of sp³-hybridized carbons (Fsp3) is 0.143. The van der Waals surface area contributed by atoms with Crippen LogP contribution in [0.4, 0.5) is 5.69 Å². The lowest BCUT2D eigenvalue weighted by molar-refractivity contribution is -0.119. The molecular formula is C14H15NO6S. The molecule has 0 saturated carbocycles. The Morgan fingerprint density at radius 3 is 2.23 bits per heavy atom. The van der Waals surface area contributed by atoms with Crippen molar-refractivity contribution in [2.24, 2.45) is 0 Å². The van der Waals surface area contributed by atoms with Crippen molar-refractivity contribution < 1.29 is 27.7 Å². The number of allylic oxidation sites excluding steroid dienone is 1. The number of carbonyl (C=O) groups excluding carboxylic acids is 2. The number of hydrogen-bond donors (Lipinski definition) is 3. The maximum Gasteiger partial charge on any atom is 0.294 e. The second kappa shape index (κ2) is 7.12. The van der Waals surface area contributed by atoms with Crippen molar-refractivity contribution in [3.05, 3.63) is 48.1 Å². The van der Waals surface area contributed by atoms with Crippen molar-refractivity contribution in [1.29, 1.82) is 0 Å². The topological polar surface area (TPSA) is 121 Å². The third kappa shape index (κ3) is 4.35. The molecule has 1 rings (SSSR count). The number of benzene rings is 1. The van der Waals surface area contributed by atoms with E-state index >= 15 is 0 Å². The maximum absolute atomic E-state index is 12.0. The van der Waals surface area contributed by atoms with Gasteiger partial charge in [0.05, 0.1) is 4.90 Å². The van der Waals surface area contributed by atoms with Gasteiger partial charge in [0, 0.05) is 16.8 Å². The van der Waals surface area contributed by atoms with E-state index in [2.05, 4.69) is 11.9 Å². The summed E-state index contributed by atoms with van der Waals surface area (Å²) in [5.74, 6) is -1.31. The number of hydrogen-bond acceptors (Lipinski definition) is 5. The number of carbonyl (C=O) groups is 2. The molecule has 7 nitrogen and oxygen atoms in total. The average molecular weight is 325 g/mol.